The molecule has 2 aromatic heterocycles. The zero-order valence-electron chi connectivity index (χ0n) is 16.3. The minimum Gasteiger partial charge on any atom is -0.460 e. The second kappa shape index (κ2) is 7.54. The van der Waals surface area contributed by atoms with Crippen LogP contribution in [0.2, 0.25) is 0 Å². The summed E-state index contributed by atoms with van der Waals surface area (Å²) in [6.07, 6.45) is -1.75. The molecule has 31 heavy (non-hydrogen) atoms. The number of alkyl halides is 3. The van der Waals surface area contributed by atoms with Gasteiger partial charge in [-0.25, -0.2) is 18.1 Å². The number of halogens is 3. The van der Waals surface area contributed by atoms with Gasteiger partial charge in [0.05, 0.1) is 29.6 Å². The highest BCUT2D eigenvalue weighted by Crippen LogP contribution is 2.36. The number of nitrogens with zero attached hydrogens (tertiary/aromatic N) is 3. The Morgan fingerprint density at radius 1 is 1.26 bits per heavy atom. The number of imidazole rings is 1. The van der Waals surface area contributed by atoms with Gasteiger partial charge >= 0.3 is 6.18 Å². The Kier molecular flexibility index (Phi) is 5.13. The lowest BCUT2D eigenvalue weighted by Gasteiger charge is -2.12. The minimum atomic E-state index is -4.47. The predicted molar refractivity (Wildman–Crippen MR) is 103 cm³/mol. The molecule has 0 saturated carbocycles. The zero-order valence-corrected chi connectivity index (χ0v) is 17.2. The summed E-state index contributed by atoms with van der Waals surface area (Å²) in [4.78, 5) is 8.33. The molecule has 0 fully saturated rings. The van der Waals surface area contributed by atoms with E-state index in [1.54, 1.807) is 10.8 Å². The third-order valence-corrected chi connectivity index (χ3v) is 5.96. The van der Waals surface area contributed by atoms with Gasteiger partial charge in [-0.2, -0.15) is 18.2 Å². The fourth-order valence-corrected chi connectivity index (χ4v) is 3.73. The Balaban J connectivity index is 1.74. The third-order valence-electron chi connectivity index (χ3n) is 4.58. The van der Waals surface area contributed by atoms with Gasteiger partial charge in [0.25, 0.3) is 6.01 Å². The van der Waals surface area contributed by atoms with E-state index in [4.69, 9.17) is 9.47 Å². The van der Waals surface area contributed by atoms with E-state index in [0.29, 0.717) is 18.2 Å². The predicted octanol–water partition coefficient (Wildman–Crippen LogP) is 3.45. The number of rotatable bonds is 5. The number of hydrogen-bond donors (Lipinski definition) is 1. The monoisotopic (exact) mass is 454 g/mol. The molecule has 3 heterocycles. The van der Waals surface area contributed by atoms with E-state index < -0.39 is 21.8 Å². The van der Waals surface area contributed by atoms with E-state index in [1.165, 1.54) is 13.1 Å². The quantitative estimate of drug-likeness (QED) is 0.635. The lowest BCUT2D eigenvalue weighted by molar-refractivity contribution is -0.137. The first-order valence-corrected chi connectivity index (χ1v) is 10.6. The van der Waals surface area contributed by atoms with Crippen molar-refractivity contribution >= 4 is 10.0 Å². The average molecular weight is 454 g/mol. The van der Waals surface area contributed by atoms with E-state index in [-0.39, 0.29) is 28.2 Å². The molecule has 12 heteroatoms. The summed E-state index contributed by atoms with van der Waals surface area (Å²) in [5.74, 6) is 0.0854. The molecule has 1 N–H and O–H groups in total. The molecule has 1 aromatic carbocycles. The number of benzene rings is 1. The molecule has 3 aromatic rings. The maximum atomic E-state index is 12.8. The van der Waals surface area contributed by atoms with Crippen molar-refractivity contribution in [3.63, 3.8) is 0 Å². The summed E-state index contributed by atoms with van der Waals surface area (Å²) >= 11 is 0. The Bertz CT molecular complexity index is 1200. The van der Waals surface area contributed by atoms with Crippen LogP contribution in [0.5, 0.6) is 17.6 Å². The number of pyridine rings is 1. The number of fused-ring (bicyclic) bond motifs is 1. The first kappa shape index (κ1) is 21.1. The van der Waals surface area contributed by atoms with Crippen molar-refractivity contribution in [3.8, 4) is 28.9 Å². The van der Waals surface area contributed by atoms with Gasteiger partial charge in [-0.15, -0.1) is 0 Å². The maximum absolute atomic E-state index is 12.8. The summed E-state index contributed by atoms with van der Waals surface area (Å²) in [5.41, 5.74) is -0.223. The molecule has 0 unspecified atom stereocenters. The van der Waals surface area contributed by atoms with Gasteiger partial charge in [0, 0.05) is 6.20 Å². The summed E-state index contributed by atoms with van der Waals surface area (Å²) in [7, 11) is -2.54. The number of aromatic nitrogens is 3. The Labute approximate surface area is 175 Å². The largest absolute Gasteiger partial charge is 0.460 e. The zero-order chi connectivity index (χ0) is 22.4. The van der Waals surface area contributed by atoms with Crippen molar-refractivity contribution in [1.29, 1.82) is 0 Å². The molecule has 0 spiro atoms. The third kappa shape index (κ3) is 4.21. The average Bonchev–Trinajstić information content (AvgIpc) is 3.25. The van der Waals surface area contributed by atoms with Crippen LogP contribution in [0, 0.1) is 0 Å². The summed E-state index contributed by atoms with van der Waals surface area (Å²) in [5, 5.41) is 0. The molecule has 1 aliphatic rings. The summed E-state index contributed by atoms with van der Waals surface area (Å²) in [6, 6.07) is 5.78. The molecule has 4 rings (SSSR count). The second-order valence-electron chi connectivity index (χ2n) is 6.85. The maximum Gasteiger partial charge on any atom is 0.416 e. The Hall–Kier alpha value is -3.12. The molecule has 0 bridgehead atoms. The van der Waals surface area contributed by atoms with Crippen molar-refractivity contribution < 1.29 is 31.1 Å². The van der Waals surface area contributed by atoms with Crippen molar-refractivity contribution in [2.45, 2.75) is 30.6 Å². The van der Waals surface area contributed by atoms with E-state index >= 15 is 0 Å². The van der Waals surface area contributed by atoms with Crippen LogP contribution in [-0.2, 0) is 22.7 Å². The molecule has 0 amide bonds. The van der Waals surface area contributed by atoms with Crippen molar-refractivity contribution in [2.75, 3.05) is 7.05 Å². The van der Waals surface area contributed by atoms with Crippen LogP contribution in [-0.4, -0.2) is 36.1 Å². The molecular formula is C19H17F3N4O4S. The normalized spacial score (nSPS) is 16.1. The van der Waals surface area contributed by atoms with Crippen LogP contribution >= 0.6 is 0 Å². The highest BCUT2D eigenvalue weighted by molar-refractivity contribution is 7.89. The first-order valence-electron chi connectivity index (χ1n) is 9.10. The van der Waals surface area contributed by atoms with Crippen LogP contribution in [0.4, 0.5) is 13.2 Å². The van der Waals surface area contributed by atoms with E-state index in [1.807, 2.05) is 6.92 Å². The van der Waals surface area contributed by atoms with Gasteiger partial charge in [-0.1, -0.05) is 0 Å². The minimum absolute atomic E-state index is 0.0142. The number of ether oxygens (including phenoxy) is 2. The van der Waals surface area contributed by atoms with Crippen LogP contribution in [0.1, 0.15) is 12.5 Å². The molecule has 8 nitrogen and oxygen atoms in total. The number of hydrogen-bond acceptors (Lipinski definition) is 6. The Morgan fingerprint density at radius 2 is 1.97 bits per heavy atom. The number of nitrogens with one attached hydrogen (secondary N) is 1. The molecule has 164 valence electrons. The van der Waals surface area contributed by atoms with Gasteiger partial charge < -0.3 is 9.47 Å². The molecular weight excluding hydrogens is 437 g/mol. The fraction of sp³-hybridized carbons (Fsp3) is 0.263. The van der Waals surface area contributed by atoms with Crippen molar-refractivity contribution in [2.24, 2.45) is 0 Å². The van der Waals surface area contributed by atoms with E-state index in [2.05, 4.69) is 14.7 Å². The van der Waals surface area contributed by atoms with Crippen LogP contribution < -0.4 is 14.2 Å². The molecule has 0 saturated heterocycles. The molecule has 1 aliphatic heterocycles. The van der Waals surface area contributed by atoms with E-state index in [9.17, 15) is 21.6 Å². The van der Waals surface area contributed by atoms with Gasteiger partial charge in [0.2, 0.25) is 15.9 Å². The number of sulfonamides is 1. The van der Waals surface area contributed by atoms with Gasteiger partial charge in [0.1, 0.15) is 16.7 Å². The van der Waals surface area contributed by atoms with Gasteiger partial charge in [-0.05, 0) is 44.3 Å². The van der Waals surface area contributed by atoms with Crippen LogP contribution in [0.3, 0.4) is 0 Å². The molecule has 0 radical (unpaired) electrons. The van der Waals surface area contributed by atoms with Crippen LogP contribution in [0.15, 0.2) is 47.6 Å². The molecule has 1 atom stereocenters. The summed E-state index contributed by atoms with van der Waals surface area (Å²) in [6.45, 7) is 2.45. The second-order valence-corrected chi connectivity index (χ2v) is 8.73. The lowest BCUT2D eigenvalue weighted by Crippen LogP contribution is -2.19. The van der Waals surface area contributed by atoms with E-state index in [0.717, 1.165) is 30.5 Å². The highest BCUT2D eigenvalue weighted by Gasteiger charge is 2.30. The Morgan fingerprint density at radius 3 is 2.58 bits per heavy atom. The standard InChI is InChI=1S/C19H17F3N4O4S/c1-11-9-26-10-16(25-18(26)29-11)15-7-14(31(27,28)23-2)8-24-17(15)30-13-5-3-12(4-6-13)19(20,21)22/h3-8,10-11,23H,9H2,1-2H3/t11-/m1/s1. The first-order chi connectivity index (χ1) is 14.6. The van der Waals surface area contributed by atoms with Gasteiger partial charge in [-0.3, -0.25) is 4.57 Å². The van der Waals surface area contributed by atoms with Crippen LogP contribution in [0.25, 0.3) is 11.3 Å². The lowest BCUT2D eigenvalue weighted by atomic mass is 10.2. The highest BCUT2D eigenvalue weighted by atomic mass is 32.2. The van der Waals surface area contributed by atoms with Crippen molar-refractivity contribution in [1.82, 2.24) is 19.3 Å². The SMILES string of the molecule is CNS(=O)(=O)c1cnc(Oc2ccc(C(F)(F)F)cc2)c(-c2cn3c(n2)O[C@H](C)C3)c1. The van der Waals surface area contributed by atoms with Crippen molar-refractivity contribution in [3.05, 3.63) is 48.3 Å². The smallest absolute Gasteiger partial charge is 0.416 e. The summed E-state index contributed by atoms with van der Waals surface area (Å²) < 4.78 is 78.0. The topological polar surface area (TPSA) is 95.3 Å². The van der Waals surface area contributed by atoms with Gasteiger partial charge in [0.15, 0.2) is 0 Å². The fourth-order valence-electron chi connectivity index (χ4n) is 3.03. The molecule has 0 aliphatic carbocycles.